The minimum atomic E-state index is -0.332. The molecule has 0 aliphatic heterocycles. The number of nitrogens with one attached hydrogen (secondary N) is 2. The first-order valence-corrected chi connectivity index (χ1v) is 9.38. The maximum absolute atomic E-state index is 12.3. The zero-order chi connectivity index (χ0) is 20.6. The molecule has 0 aromatic heterocycles. The Morgan fingerprint density at radius 1 is 1.11 bits per heavy atom. The number of benzene rings is 2. The van der Waals surface area contributed by atoms with Gasteiger partial charge in [-0.1, -0.05) is 51.1 Å². The Hall–Kier alpha value is -3.08. The van der Waals surface area contributed by atoms with Gasteiger partial charge in [0, 0.05) is 6.54 Å². The van der Waals surface area contributed by atoms with E-state index in [-0.39, 0.29) is 23.8 Å². The summed E-state index contributed by atoms with van der Waals surface area (Å²) in [7, 11) is 0. The molecule has 28 heavy (non-hydrogen) atoms. The molecule has 2 amide bonds. The Kier molecular flexibility index (Phi) is 7.38. The molecule has 2 aromatic carbocycles. The second-order valence-corrected chi connectivity index (χ2v) is 7.14. The predicted molar refractivity (Wildman–Crippen MR) is 113 cm³/mol. The molecule has 0 atom stereocenters. The molecule has 0 saturated heterocycles. The first kappa shape index (κ1) is 21.2. The molecule has 5 heteroatoms. The molecule has 0 spiro atoms. The summed E-state index contributed by atoms with van der Waals surface area (Å²) in [5.41, 5.74) is 2.17. The minimum Gasteiger partial charge on any atom is -0.484 e. The molecule has 0 saturated carbocycles. The maximum Gasteiger partial charge on any atom is 0.262 e. The van der Waals surface area contributed by atoms with Gasteiger partial charge < -0.3 is 15.4 Å². The van der Waals surface area contributed by atoms with E-state index in [0.29, 0.717) is 23.5 Å². The Morgan fingerprint density at radius 3 is 2.43 bits per heavy atom. The lowest BCUT2D eigenvalue weighted by atomic mass is 9.82. The molecule has 0 fully saturated rings. The van der Waals surface area contributed by atoms with Gasteiger partial charge in [0.15, 0.2) is 6.61 Å². The van der Waals surface area contributed by atoms with E-state index < -0.39 is 0 Å². The van der Waals surface area contributed by atoms with Crippen molar-refractivity contribution in [2.24, 2.45) is 0 Å². The number of amides is 2. The number of rotatable bonds is 9. The molecule has 0 heterocycles. The van der Waals surface area contributed by atoms with E-state index in [4.69, 9.17) is 4.74 Å². The molecule has 0 aliphatic rings. The number of para-hydroxylation sites is 1. The lowest BCUT2D eigenvalue weighted by molar-refractivity contribution is -0.118. The highest BCUT2D eigenvalue weighted by molar-refractivity contribution is 6.04. The van der Waals surface area contributed by atoms with Crippen molar-refractivity contribution in [3.05, 3.63) is 72.3 Å². The Morgan fingerprint density at radius 2 is 1.79 bits per heavy atom. The smallest absolute Gasteiger partial charge is 0.262 e. The van der Waals surface area contributed by atoms with E-state index in [1.54, 1.807) is 30.3 Å². The molecule has 148 valence electrons. The van der Waals surface area contributed by atoms with Crippen LogP contribution in [0.5, 0.6) is 5.75 Å². The second-order valence-electron chi connectivity index (χ2n) is 7.14. The summed E-state index contributed by atoms with van der Waals surface area (Å²) in [4.78, 5) is 24.4. The summed E-state index contributed by atoms with van der Waals surface area (Å²) in [6.07, 6.45) is 2.63. The average molecular weight is 380 g/mol. The first-order chi connectivity index (χ1) is 13.4. The highest BCUT2D eigenvalue weighted by Gasteiger charge is 2.18. The van der Waals surface area contributed by atoms with Crippen molar-refractivity contribution in [3.8, 4) is 5.75 Å². The maximum atomic E-state index is 12.3. The normalized spacial score (nSPS) is 10.8. The van der Waals surface area contributed by atoms with Crippen LogP contribution in [0.1, 0.15) is 43.1 Å². The molecule has 2 rings (SSSR count). The summed E-state index contributed by atoms with van der Waals surface area (Å²) < 4.78 is 5.58. The largest absolute Gasteiger partial charge is 0.484 e. The topological polar surface area (TPSA) is 67.4 Å². The van der Waals surface area contributed by atoms with Crippen LogP contribution in [0.15, 0.2) is 61.2 Å². The van der Waals surface area contributed by atoms with Gasteiger partial charge in [0.2, 0.25) is 0 Å². The van der Waals surface area contributed by atoms with Gasteiger partial charge in [0.05, 0.1) is 11.3 Å². The molecule has 2 aromatic rings. The fraction of sp³-hybridized carbons (Fsp3) is 0.304. The Balaban J connectivity index is 1.96. The predicted octanol–water partition coefficient (Wildman–Crippen LogP) is 4.31. The van der Waals surface area contributed by atoms with E-state index in [1.807, 2.05) is 24.3 Å². The van der Waals surface area contributed by atoms with Crippen molar-refractivity contribution in [2.45, 2.75) is 32.6 Å². The number of carbonyl (C=O) groups is 2. The van der Waals surface area contributed by atoms with Crippen molar-refractivity contribution >= 4 is 17.5 Å². The van der Waals surface area contributed by atoms with E-state index in [1.165, 1.54) is 5.56 Å². The number of hydrogen-bond donors (Lipinski definition) is 2. The summed E-state index contributed by atoms with van der Waals surface area (Å²) in [5.74, 6) is 0.0237. The van der Waals surface area contributed by atoms with Crippen molar-refractivity contribution in [3.63, 3.8) is 0 Å². The molecule has 0 bridgehead atoms. The number of hydrogen-bond acceptors (Lipinski definition) is 3. The third-order valence-corrected chi connectivity index (χ3v) is 4.74. The summed E-state index contributed by atoms with van der Waals surface area (Å²) >= 11 is 0. The van der Waals surface area contributed by atoms with E-state index in [9.17, 15) is 9.59 Å². The van der Waals surface area contributed by atoms with Crippen LogP contribution >= 0.6 is 0 Å². The van der Waals surface area contributed by atoms with Crippen molar-refractivity contribution in [1.82, 2.24) is 5.32 Å². The van der Waals surface area contributed by atoms with Crippen molar-refractivity contribution in [2.75, 3.05) is 18.5 Å². The highest BCUT2D eigenvalue weighted by Crippen LogP contribution is 2.28. The summed E-state index contributed by atoms with van der Waals surface area (Å²) in [6.45, 7) is 10.3. The molecular formula is C23H28N2O3. The van der Waals surface area contributed by atoms with Crippen molar-refractivity contribution < 1.29 is 14.3 Å². The summed E-state index contributed by atoms with van der Waals surface area (Å²) in [5, 5.41) is 5.43. The van der Waals surface area contributed by atoms with Gasteiger partial charge in [0.1, 0.15) is 5.75 Å². The third kappa shape index (κ3) is 5.71. The minimum absolute atomic E-state index is 0.103. The van der Waals surface area contributed by atoms with Gasteiger partial charge in [-0.3, -0.25) is 9.59 Å². The van der Waals surface area contributed by atoms with Gasteiger partial charge in [-0.2, -0.15) is 0 Å². The van der Waals surface area contributed by atoms with Crippen LogP contribution in [0.3, 0.4) is 0 Å². The van der Waals surface area contributed by atoms with Crippen molar-refractivity contribution in [1.29, 1.82) is 0 Å². The van der Waals surface area contributed by atoms with Crippen LogP contribution in [0.25, 0.3) is 0 Å². The number of anilines is 1. The standard InChI is InChI=1S/C23H28N2O3/c1-5-15-24-22(27)19-9-7-8-10-20(19)25-21(26)16-28-18-13-11-17(12-14-18)23(3,4)6-2/h5,7-14H,1,6,15-16H2,2-4H3,(H,24,27)(H,25,26). The quantitative estimate of drug-likeness (QED) is 0.637. The fourth-order valence-corrected chi connectivity index (χ4v) is 2.59. The molecule has 2 N–H and O–H groups in total. The lowest BCUT2D eigenvalue weighted by Crippen LogP contribution is -2.26. The van der Waals surface area contributed by atoms with Gasteiger partial charge in [0.25, 0.3) is 11.8 Å². The summed E-state index contributed by atoms with van der Waals surface area (Å²) in [6, 6.07) is 14.6. The molecule has 0 unspecified atom stereocenters. The molecule has 0 radical (unpaired) electrons. The monoisotopic (exact) mass is 380 g/mol. The zero-order valence-electron chi connectivity index (χ0n) is 16.7. The second kappa shape index (κ2) is 9.74. The van der Waals surface area contributed by atoms with E-state index in [2.05, 4.69) is 38.0 Å². The van der Waals surface area contributed by atoms with Gasteiger partial charge >= 0.3 is 0 Å². The Labute approximate surface area is 166 Å². The van der Waals surface area contributed by atoms with Gasteiger partial charge in [-0.05, 0) is 41.7 Å². The number of ether oxygens (including phenoxy) is 1. The SMILES string of the molecule is C=CCNC(=O)c1ccccc1NC(=O)COc1ccc(C(C)(C)CC)cc1. The lowest BCUT2D eigenvalue weighted by Gasteiger charge is -2.23. The molecule has 0 aliphatic carbocycles. The third-order valence-electron chi connectivity index (χ3n) is 4.74. The highest BCUT2D eigenvalue weighted by atomic mass is 16.5. The van der Waals surface area contributed by atoms with Crippen LogP contribution in [0, 0.1) is 0 Å². The number of carbonyl (C=O) groups excluding carboxylic acids is 2. The Bertz CT molecular complexity index is 826. The van der Waals surface area contributed by atoms with Crippen LogP contribution in [-0.4, -0.2) is 25.0 Å². The zero-order valence-corrected chi connectivity index (χ0v) is 16.7. The molecule has 5 nitrogen and oxygen atoms in total. The first-order valence-electron chi connectivity index (χ1n) is 9.38. The fourth-order valence-electron chi connectivity index (χ4n) is 2.59. The van der Waals surface area contributed by atoms with E-state index >= 15 is 0 Å². The molecular weight excluding hydrogens is 352 g/mol. The van der Waals surface area contributed by atoms with Crippen LogP contribution < -0.4 is 15.4 Å². The van der Waals surface area contributed by atoms with Crippen LogP contribution in [-0.2, 0) is 10.2 Å². The average Bonchev–Trinajstić information content (AvgIpc) is 2.71. The van der Waals surface area contributed by atoms with E-state index in [0.717, 1.165) is 6.42 Å². The van der Waals surface area contributed by atoms with Gasteiger partial charge in [-0.25, -0.2) is 0 Å². The van der Waals surface area contributed by atoms with Gasteiger partial charge in [-0.15, -0.1) is 6.58 Å². The van der Waals surface area contributed by atoms with Crippen LogP contribution in [0.2, 0.25) is 0 Å². The van der Waals surface area contributed by atoms with Crippen LogP contribution in [0.4, 0.5) is 5.69 Å².